The van der Waals surface area contributed by atoms with Crippen molar-refractivity contribution in [1.82, 2.24) is 5.32 Å². The highest BCUT2D eigenvalue weighted by atomic mass is 16.2. The van der Waals surface area contributed by atoms with E-state index in [-0.39, 0.29) is 11.9 Å². The van der Waals surface area contributed by atoms with Gasteiger partial charge < -0.3 is 15.5 Å². The standard InChI is InChI=1S/C15H21N3O/c1-9(10-4-5-10)18(3)11-6-7-12-13(8-11)17-15(19)14(12)16-2/h6-10,14,16H,4-5H2,1-3H3,(H,17,19). The van der Waals surface area contributed by atoms with Gasteiger partial charge in [0.15, 0.2) is 0 Å². The van der Waals surface area contributed by atoms with Gasteiger partial charge in [-0.25, -0.2) is 0 Å². The fourth-order valence-electron chi connectivity index (χ4n) is 2.89. The van der Waals surface area contributed by atoms with E-state index >= 15 is 0 Å². The van der Waals surface area contributed by atoms with Gasteiger partial charge >= 0.3 is 0 Å². The molecule has 0 radical (unpaired) electrons. The maximum atomic E-state index is 11.8. The lowest BCUT2D eigenvalue weighted by atomic mass is 10.1. The van der Waals surface area contributed by atoms with Crippen LogP contribution in [-0.2, 0) is 4.79 Å². The quantitative estimate of drug-likeness (QED) is 0.870. The number of hydrogen-bond acceptors (Lipinski definition) is 3. The van der Waals surface area contributed by atoms with Gasteiger partial charge in [0.2, 0.25) is 5.91 Å². The van der Waals surface area contributed by atoms with E-state index in [1.807, 2.05) is 7.05 Å². The molecule has 1 saturated carbocycles. The number of nitrogens with one attached hydrogen (secondary N) is 2. The Morgan fingerprint density at radius 1 is 1.42 bits per heavy atom. The predicted molar refractivity (Wildman–Crippen MR) is 77.5 cm³/mol. The summed E-state index contributed by atoms with van der Waals surface area (Å²) in [5, 5.41) is 5.99. The summed E-state index contributed by atoms with van der Waals surface area (Å²) in [7, 11) is 3.95. The number of nitrogens with zero attached hydrogens (tertiary/aromatic N) is 1. The lowest BCUT2D eigenvalue weighted by Crippen LogP contribution is -2.30. The summed E-state index contributed by atoms with van der Waals surface area (Å²) < 4.78 is 0. The maximum absolute atomic E-state index is 11.8. The molecule has 4 nitrogen and oxygen atoms in total. The van der Waals surface area contributed by atoms with Crippen molar-refractivity contribution in [2.45, 2.75) is 31.8 Å². The Kier molecular flexibility index (Phi) is 2.97. The monoisotopic (exact) mass is 259 g/mol. The molecule has 1 amide bonds. The molecular formula is C15H21N3O. The first-order valence-electron chi connectivity index (χ1n) is 6.96. The fraction of sp³-hybridized carbons (Fsp3) is 0.533. The SMILES string of the molecule is CNC1C(=O)Nc2cc(N(C)C(C)C3CC3)ccc21. The Morgan fingerprint density at radius 2 is 2.16 bits per heavy atom. The van der Waals surface area contributed by atoms with Crippen LogP contribution >= 0.6 is 0 Å². The van der Waals surface area contributed by atoms with E-state index in [2.05, 4.69) is 47.7 Å². The number of likely N-dealkylation sites (N-methyl/N-ethyl adjacent to an activating group) is 1. The number of fused-ring (bicyclic) bond motifs is 1. The summed E-state index contributed by atoms with van der Waals surface area (Å²) in [5.41, 5.74) is 3.16. The minimum atomic E-state index is -0.213. The summed E-state index contributed by atoms with van der Waals surface area (Å²) >= 11 is 0. The molecule has 102 valence electrons. The molecule has 0 saturated heterocycles. The maximum Gasteiger partial charge on any atom is 0.246 e. The largest absolute Gasteiger partial charge is 0.372 e. The van der Waals surface area contributed by atoms with Crippen LogP contribution in [0.2, 0.25) is 0 Å². The molecule has 1 heterocycles. The van der Waals surface area contributed by atoms with Crippen molar-refractivity contribution in [1.29, 1.82) is 0 Å². The molecule has 0 spiro atoms. The topological polar surface area (TPSA) is 44.4 Å². The molecule has 4 heteroatoms. The van der Waals surface area contributed by atoms with E-state index in [9.17, 15) is 4.79 Å². The van der Waals surface area contributed by atoms with E-state index < -0.39 is 0 Å². The van der Waals surface area contributed by atoms with Crippen LogP contribution in [0.15, 0.2) is 18.2 Å². The molecule has 0 aromatic heterocycles. The molecular weight excluding hydrogens is 238 g/mol. The van der Waals surface area contributed by atoms with Gasteiger partial charge in [0.1, 0.15) is 6.04 Å². The van der Waals surface area contributed by atoms with Crippen molar-refractivity contribution in [2.24, 2.45) is 5.92 Å². The van der Waals surface area contributed by atoms with Gasteiger partial charge in [-0.2, -0.15) is 0 Å². The number of carbonyl (C=O) groups is 1. The second-order valence-electron chi connectivity index (χ2n) is 5.67. The van der Waals surface area contributed by atoms with Gasteiger partial charge in [-0.3, -0.25) is 4.79 Å². The first-order chi connectivity index (χ1) is 9.11. The van der Waals surface area contributed by atoms with Gasteiger partial charge in [-0.1, -0.05) is 6.07 Å². The highest BCUT2D eigenvalue weighted by Gasteiger charge is 2.32. The van der Waals surface area contributed by atoms with Crippen LogP contribution in [0.4, 0.5) is 11.4 Å². The van der Waals surface area contributed by atoms with E-state index in [0.29, 0.717) is 6.04 Å². The molecule has 3 rings (SSSR count). The number of anilines is 2. The molecule has 2 atom stereocenters. The first kappa shape index (κ1) is 12.5. The fourth-order valence-corrected chi connectivity index (χ4v) is 2.89. The smallest absolute Gasteiger partial charge is 0.246 e. The zero-order chi connectivity index (χ0) is 13.6. The van der Waals surface area contributed by atoms with E-state index in [1.165, 1.54) is 18.5 Å². The Labute approximate surface area is 114 Å². The van der Waals surface area contributed by atoms with E-state index in [1.54, 1.807) is 0 Å². The Hall–Kier alpha value is -1.55. The lowest BCUT2D eigenvalue weighted by Gasteiger charge is -2.27. The van der Waals surface area contributed by atoms with E-state index in [4.69, 9.17) is 0 Å². The summed E-state index contributed by atoms with van der Waals surface area (Å²) in [6.45, 7) is 2.28. The molecule has 19 heavy (non-hydrogen) atoms. The van der Waals surface area contributed by atoms with Gasteiger partial charge in [-0.15, -0.1) is 0 Å². The Balaban J connectivity index is 1.86. The van der Waals surface area contributed by atoms with Crippen molar-refractivity contribution in [2.75, 3.05) is 24.3 Å². The van der Waals surface area contributed by atoms with Crippen molar-refractivity contribution in [3.05, 3.63) is 23.8 Å². The third-order valence-corrected chi connectivity index (χ3v) is 4.48. The third kappa shape index (κ3) is 2.10. The van der Waals surface area contributed by atoms with E-state index in [0.717, 1.165) is 17.2 Å². The Bertz CT molecular complexity index is 510. The van der Waals surface area contributed by atoms with Crippen LogP contribution in [0.25, 0.3) is 0 Å². The molecule has 2 unspecified atom stereocenters. The van der Waals surface area contributed by atoms with Crippen LogP contribution in [-0.4, -0.2) is 26.0 Å². The van der Waals surface area contributed by atoms with Crippen molar-refractivity contribution >= 4 is 17.3 Å². The zero-order valence-electron chi connectivity index (χ0n) is 11.7. The zero-order valence-corrected chi connectivity index (χ0v) is 11.7. The molecule has 1 aromatic carbocycles. The summed E-state index contributed by atoms with van der Waals surface area (Å²) in [4.78, 5) is 14.1. The molecule has 2 N–H and O–H groups in total. The second kappa shape index (κ2) is 4.53. The minimum absolute atomic E-state index is 0.0348. The first-order valence-corrected chi connectivity index (χ1v) is 6.96. The number of rotatable bonds is 4. The van der Waals surface area contributed by atoms with Crippen LogP contribution in [0.3, 0.4) is 0 Å². The Morgan fingerprint density at radius 3 is 2.79 bits per heavy atom. The molecule has 1 aliphatic heterocycles. The van der Waals surface area contributed by atoms with Gasteiger partial charge in [0, 0.05) is 30.0 Å². The van der Waals surface area contributed by atoms with Crippen LogP contribution in [0, 0.1) is 5.92 Å². The van der Waals surface area contributed by atoms with Crippen LogP contribution in [0.1, 0.15) is 31.4 Å². The van der Waals surface area contributed by atoms with Gasteiger partial charge in [-0.05, 0) is 44.9 Å². The number of carbonyl (C=O) groups excluding carboxylic acids is 1. The number of benzene rings is 1. The van der Waals surface area contributed by atoms with Crippen molar-refractivity contribution < 1.29 is 4.79 Å². The van der Waals surface area contributed by atoms with Gasteiger partial charge in [0.25, 0.3) is 0 Å². The summed E-state index contributed by atoms with van der Waals surface area (Å²) in [6.07, 6.45) is 2.68. The normalized spacial score (nSPS) is 22.9. The average Bonchev–Trinajstić information content (AvgIpc) is 3.19. The minimum Gasteiger partial charge on any atom is -0.372 e. The highest BCUT2D eigenvalue weighted by Crippen LogP contribution is 2.38. The molecule has 1 aromatic rings. The van der Waals surface area contributed by atoms with Crippen molar-refractivity contribution in [3.63, 3.8) is 0 Å². The molecule has 1 aliphatic carbocycles. The molecule has 1 fully saturated rings. The predicted octanol–water partition coefficient (Wildman–Crippen LogP) is 2.13. The second-order valence-corrected chi connectivity index (χ2v) is 5.67. The summed E-state index contributed by atoms with van der Waals surface area (Å²) in [6, 6.07) is 6.61. The third-order valence-electron chi connectivity index (χ3n) is 4.48. The number of hydrogen-bond donors (Lipinski definition) is 2. The van der Waals surface area contributed by atoms with Crippen LogP contribution < -0.4 is 15.5 Å². The van der Waals surface area contributed by atoms with Crippen molar-refractivity contribution in [3.8, 4) is 0 Å². The van der Waals surface area contributed by atoms with Crippen LogP contribution in [0.5, 0.6) is 0 Å². The summed E-state index contributed by atoms with van der Waals surface area (Å²) in [5.74, 6) is 0.866. The van der Waals surface area contributed by atoms with Gasteiger partial charge in [0.05, 0.1) is 0 Å². The average molecular weight is 259 g/mol. The molecule has 2 aliphatic rings. The molecule has 0 bridgehead atoms. The lowest BCUT2D eigenvalue weighted by molar-refractivity contribution is -0.117. The number of amides is 1. The highest BCUT2D eigenvalue weighted by molar-refractivity contribution is 6.03.